The zero-order chi connectivity index (χ0) is 13.7. The largest absolute Gasteiger partial charge is 0.457 e. The highest BCUT2D eigenvalue weighted by Crippen LogP contribution is 2.25. The van der Waals surface area contributed by atoms with Crippen molar-refractivity contribution in [1.29, 1.82) is 0 Å². The minimum atomic E-state index is -0.521. The Morgan fingerprint density at radius 2 is 1.79 bits per heavy atom. The van der Waals surface area contributed by atoms with Crippen LogP contribution in [0, 0.1) is 0 Å². The van der Waals surface area contributed by atoms with Crippen molar-refractivity contribution < 1.29 is 14.6 Å². The number of nitrogens with two attached hydrogens (primary N) is 1. The maximum Gasteiger partial charge on any atom is 0.252 e. The number of carbonyl (C=O) groups excluding carboxylic acids is 1. The normalized spacial score (nSPS) is 10.2. The van der Waals surface area contributed by atoms with Gasteiger partial charge in [-0.15, -0.1) is 0 Å². The standard InChI is InChI=1S/C15H15NO3/c16-15(18)13-3-1-2-4-14(13)19-12-7-5-11(6-8-12)9-10-17/h1-8,17H,9-10H2,(H2,16,18). The molecule has 98 valence electrons. The molecule has 0 heterocycles. The minimum absolute atomic E-state index is 0.116. The van der Waals surface area contributed by atoms with E-state index in [4.69, 9.17) is 15.6 Å². The van der Waals surface area contributed by atoms with Crippen molar-refractivity contribution in [3.8, 4) is 11.5 Å². The summed E-state index contributed by atoms with van der Waals surface area (Å²) < 4.78 is 5.64. The molecule has 4 heteroatoms. The Kier molecular flexibility index (Phi) is 4.15. The second kappa shape index (κ2) is 6.02. The first kappa shape index (κ1) is 13.1. The second-order valence-corrected chi connectivity index (χ2v) is 4.08. The summed E-state index contributed by atoms with van der Waals surface area (Å²) in [6.07, 6.45) is 0.609. The highest BCUT2D eigenvalue weighted by atomic mass is 16.5. The van der Waals surface area contributed by atoms with Gasteiger partial charge in [-0.1, -0.05) is 24.3 Å². The van der Waals surface area contributed by atoms with Gasteiger partial charge in [0.05, 0.1) is 5.56 Å². The van der Waals surface area contributed by atoms with Crippen LogP contribution in [0.2, 0.25) is 0 Å². The highest BCUT2D eigenvalue weighted by Gasteiger charge is 2.08. The van der Waals surface area contributed by atoms with Crippen LogP contribution in [0.15, 0.2) is 48.5 Å². The Morgan fingerprint density at radius 3 is 2.42 bits per heavy atom. The summed E-state index contributed by atoms with van der Waals surface area (Å²) >= 11 is 0. The first-order chi connectivity index (χ1) is 9.20. The summed E-state index contributed by atoms with van der Waals surface area (Å²) in [6, 6.07) is 14.2. The number of rotatable bonds is 5. The lowest BCUT2D eigenvalue weighted by Gasteiger charge is -2.09. The number of hydrogen-bond acceptors (Lipinski definition) is 3. The smallest absolute Gasteiger partial charge is 0.252 e. The number of hydrogen-bond donors (Lipinski definition) is 2. The van der Waals surface area contributed by atoms with E-state index in [0.29, 0.717) is 23.5 Å². The van der Waals surface area contributed by atoms with E-state index in [0.717, 1.165) is 5.56 Å². The maximum absolute atomic E-state index is 11.3. The van der Waals surface area contributed by atoms with Gasteiger partial charge in [-0.3, -0.25) is 4.79 Å². The fourth-order valence-corrected chi connectivity index (χ4v) is 1.74. The number of carbonyl (C=O) groups is 1. The van der Waals surface area contributed by atoms with Crippen LogP contribution in [0.5, 0.6) is 11.5 Å². The SMILES string of the molecule is NC(=O)c1ccccc1Oc1ccc(CCO)cc1. The van der Waals surface area contributed by atoms with E-state index in [-0.39, 0.29) is 6.61 Å². The van der Waals surface area contributed by atoms with Crippen LogP contribution in [0.4, 0.5) is 0 Å². The Hall–Kier alpha value is -2.33. The molecule has 0 spiro atoms. The van der Waals surface area contributed by atoms with E-state index in [1.807, 2.05) is 12.1 Å². The fourth-order valence-electron chi connectivity index (χ4n) is 1.74. The summed E-state index contributed by atoms with van der Waals surface area (Å²) in [5, 5.41) is 8.84. The lowest BCUT2D eigenvalue weighted by atomic mass is 10.1. The van der Waals surface area contributed by atoms with E-state index < -0.39 is 5.91 Å². The van der Waals surface area contributed by atoms with Crippen molar-refractivity contribution in [2.24, 2.45) is 5.73 Å². The molecule has 0 fully saturated rings. The van der Waals surface area contributed by atoms with Crippen LogP contribution in [0.1, 0.15) is 15.9 Å². The van der Waals surface area contributed by atoms with Crippen molar-refractivity contribution in [1.82, 2.24) is 0 Å². The third kappa shape index (κ3) is 3.33. The lowest BCUT2D eigenvalue weighted by molar-refractivity contribution is 0.0998. The molecule has 2 rings (SSSR count). The fraction of sp³-hybridized carbons (Fsp3) is 0.133. The van der Waals surface area contributed by atoms with Crippen LogP contribution >= 0.6 is 0 Å². The van der Waals surface area contributed by atoms with Crippen LogP contribution in [-0.4, -0.2) is 17.6 Å². The Balaban J connectivity index is 2.19. The number of ether oxygens (including phenoxy) is 1. The average molecular weight is 257 g/mol. The first-order valence-electron chi connectivity index (χ1n) is 5.97. The minimum Gasteiger partial charge on any atom is -0.457 e. The van der Waals surface area contributed by atoms with Gasteiger partial charge in [-0.25, -0.2) is 0 Å². The molecule has 1 amide bonds. The van der Waals surface area contributed by atoms with Crippen molar-refractivity contribution in [3.05, 3.63) is 59.7 Å². The third-order valence-corrected chi connectivity index (χ3v) is 2.70. The molecular formula is C15H15NO3. The number of aliphatic hydroxyl groups excluding tert-OH is 1. The van der Waals surface area contributed by atoms with E-state index in [1.165, 1.54) is 0 Å². The predicted octanol–water partition coefficient (Wildman–Crippen LogP) is 2.11. The van der Waals surface area contributed by atoms with Gasteiger partial charge >= 0.3 is 0 Å². The molecule has 0 radical (unpaired) electrons. The maximum atomic E-state index is 11.3. The molecule has 0 saturated carbocycles. The Morgan fingerprint density at radius 1 is 1.11 bits per heavy atom. The zero-order valence-corrected chi connectivity index (χ0v) is 10.4. The topological polar surface area (TPSA) is 72.6 Å². The number of primary amides is 1. The molecule has 3 N–H and O–H groups in total. The van der Waals surface area contributed by atoms with Gasteiger partial charge in [0.1, 0.15) is 11.5 Å². The first-order valence-corrected chi connectivity index (χ1v) is 5.97. The molecule has 0 aromatic heterocycles. The van der Waals surface area contributed by atoms with Gasteiger partial charge in [0.25, 0.3) is 5.91 Å². The molecular weight excluding hydrogens is 242 g/mol. The van der Waals surface area contributed by atoms with Crippen molar-refractivity contribution in [3.63, 3.8) is 0 Å². The molecule has 0 atom stereocenters. The summed E-state index contributed by atoms with van der Waals surface area (Å²) in [5.74, 6) is 0.535. The summed E-state index contributed by atoms with van der Waals surface area (Å²) in [5.41, 5.74) is 6.66. The summed E-state index contributed by atoms with van der Waals surface area (Å²) in [7, 11) is 0. The molecule has 4 nitrogen and oxygen atoms in total. The van der Waals surface area contributed by atoms with Crippen molar-refractivity contribution >= 4 is 5.91 Å². The Bertz CT molecular complexity index is 564. The molecule has 0 aliphatic carbocycles. The summed E-state index contributed by atoms with van der Waals surface area (Å²) in [4.78, 5) is 11.3. The highest BCUT2D eigenvalue weighted by molar-refractivity contribution is 5.95. The van der Waals surface area contributed by atoms with Gasteiger partial charge in [-0.05, 0) is 36.2 Å². The zero-order valence-electron chi connectivity index (χ0n) is 10.4. The molecule has 0 saturated heterocycles. The van der Waals surface area contributed by atoms with Crippen molar-refractivity contribution in [2.75, 3.05) is 6.61 Å². The molecule has 0 aliphatic heterocycles. The predicted molar refractivity (Wildman–Crippen MR) is 72.3 cm³/mol. The van der Waals surface area contributed by atoms with E-state index in [9.17, 15) is 4.79 Å². The summed E-state index contributed by atoms with van der Waals surface area (Å²) in [6.45, 7) is 0.116. The number of amides is 1. The Labute approximate surface area is 111 Å². The molecule has 19 heavy (non-hydrogen) atoms. The van der Waals surface area contributed by atoms with Crippen LogP contribution in [0.3, 0.4) is 0 Å². The number of benzene rings is 2. The molecule has 2 aromatic carbocycles. The van der Waals surface area contributed by atoms with Gasteiger partial charge in [0, 0.05) is 6.61 Å². The van der Waals surface area contributed by atoms with Crippen LogP contribution in [0.25, 0.3) is 0 Å². The lowest BCUT2D eigenvalue weighted by Crippen LogP contribution is -2.11. The molecule has 2 aromatic rings. The number of aliphatic hydroxyl groups is 1. The van der Waals surface area contributed by atoms with Crippen LogP contribution in [-0.2, 0) is 6.42 Å². The van der Waals surface area contributed by atoms with Crippen molar-refractivity contribution in [2.45, 2.75) is 6.42 Å². The monoisotopic (exact) mass is 257 g/mol. The van der Waals surface area contributed by atoms with E-state index in [2.05, 4.69) is 0 Å². The quantitative estimate of drug-likeness (QED) is 0.861. The van der Waals surface area contributed by atoms with Crippen LogP contribution < -0.4 is 10.5 Å². The molecule has 0 aliphatic rings. The van der Waals surface area contributed by atoms with Gasteiger partial charge < -0.3 is 15.6 Å². The van der Waals surface area contributed by atoms with E-state index >= 15 is 0 Å². The third-order valence-electron chi connectivity index (χ3n) is 2.70. The van der Waals surface area contributed by atoms with Gasteiger partial charge in [-0.2, -0.15) is 0 Å². The average Bonchev–Trinajstić information content (AvgIpc) is 2.42. The molecule has 0 bridgehead atoms. The molecule has 0 unspecified atom stereocenters. The number of para-hydroxylation sites is 1. The second-order valence-electron chi connectivity index (χ2n) is 4.08. The van der Waals surface area contributed by atoms with Gasteiger partial charge in [0.15, 0.2) is 0 Å². The van der Waals surface area contributed by atoms with Gasteiger partial charge in [0.2, 0.25) is 0 Å². The van der Waals surface area contributed by atoms with E-state index in [1.54, 1.807) is 36.4 Å².